The second kappa shape index (κ2) is 15.9. The molecule has 0 saturated carbocycles. The van der Waals surface area contributed by atoms with Crippen LogP contribution in [0, 0.1) is 16.2 Å². The molecule has 3 nitrogen and oxygen atoms in total. The van der Waals surface area contributed by atoms with Gasteiger partial charge in [-0.1, -0.05) is 12.2 Å². The monoisotopic (exact) mass is 818 g/mol. The van der Waals surface area contributed by atoms with Crippen molar-refractivity contribution in [3.63, 3.8) is 0 Å². The van der Waals surface area contributed by atoms with Gasteiger partial charge in [0.05, 0.1) is 0 Å². The molecule has 6 rings (SSSR count). The quantitative estimate of drug-likeness (QED) is 0.123. The van der Waals surface area contributed by atoms with Gasteiger partial charge in [-0.2, -0.15) is 0 Å². The zero-order chi connectivity index (χ0) is 33.2. The molecule has 1 saturated heterocycles. The van der Waals surface area contributed by atoms with Crippen molar-refractivity contribution < 1.29 is 22.7 Å². The van der Waals surface area contributed by atoms with Gasteiger partial charge < -0.3 is 0 Å². The van der Waals surface area contributed by atoms with E-state index in [2.05, 4.69) is 137 Å². The number of allylic oxidation sites excluding steroid dienone is 5. The summed E-state index contributed by atoms with van der Waals surface area (Å²) in [6.45, 7) is 5.22. The summed E-state index contributed by atoms with van der Waals surface area (Å²) in [7, 11) is -2.44. The van der Waals surface area contributed by atoms with Crippen molar-refractivity contribution in [1.82, 2.24) is 9.97 Å². The van der Waals surface area contributed by atoms with Crippen molar-refractivity contribution >= 4 is 29.3 Å². The first-order chi connectivity index (χ1) is 23.7. The van der Waals surface area contributed by atoms with E-state index in [1.807, 2.05) is 49.7 Å². The van der Waals surface area contributed by atoms with Gasteiger partial charge in [0.1, 0.15) is 0 Å². The van der Waals surface area contributed by atoms with Crippen LogP contribution in [-0.4, -0.2) is 23.2 Å². The van der Waals surface area contributed by atoms with Crippen molar-refractivity contribution in [3.05, 3.63) is 179 Å². The summed E-state index contributed by atoms with van der Waals surface area (Å²) in [5.41, 5.74) is 6.79. The summed E-state index contributed by atoms with van der Waals surface area (Å²) in [4.78, 5) is 9.34. The molecule has 0 radical (unpaired) electrons. The summed E-state index contributed by atoms with van der Waals surface area (Å²) >= 11 is 1.76. The van der Waals surface area contributed by atoms with Gasteiger partial charge in [0.25, 0.3) is 0 Å². The Kier molecular flexibility index (Phi) is 11.0. The number of aromatic nitrogens is 2. The Hall–Kier alpha value is -4.71. The average molecular weight is 817 g/mol. The number of ether oxygens (including phenoxy) is 1. The average Bonchev–Trinajstić information content (AvgIpc) is 3.61. The molecule has 3 heterocycles. The number of nitrogens with zero attached hydrogens (tertiary/aromatic N) is 2. The molecular formula is C43H35N2OOsP+. The number of hydrogen-bond acceptors (Lipinski definition) is 3. The predicted octanol–water partition coefficient (Wildman–Crippen LogP) is 8.19. The molecule has 2 aromatic heterocycles. The van der Waals surface area contributed by atoms with Gasteiger partial charge in [-0.3, -0.25) is 0 Å². The van der Waals surface area contributed by atoms with Crippen LogP contribution in [0.3, 0.4) is 0 Å². The van der Waals surface area contributed by atoms with Crippen LogP contribution in [0.15, 0.2) is 168 Å². The summed E-state index contributed by atoms with van der Waals surface area (Å²) in [5, 5.41) is 4.85. The van der Waals surface area contributed by atoms with Crippen LogP contribution in [0.2, 0.25) is 0 Å². The number of benzene rings is 3. The third-order valence-electron chi connectivity index (χ3n) is 8.21. The van der Waals surface area contributed by atoms with Crippen LogP contribution in [0.1, 0.15) is 25.0 Å². The molecule has 5 heteroatoms. The summed E-state index contributed by atoms with van der Waals surface area (Å²) in [6.07, 6.45) is 12.1. The molecule has 0 N–H and O–H groups in total. The zero-order valence-electron chi connectivity index (χ0n) is 27.0. The van der Waals surface area contributed by atoms with Crippen LogP contribution in [0.4, 0.5) is 0 Å². The van der Waals surface area contributed by atoms with E-state index >= 15 is 0 Å². The van der Waals surface area contributed by atoms with E-state index < -0.39 is 7.26 Å². The molecule has 1 aliphatic rings. The molecule has 1 fully saturated rings. The Morgan fingerprint density at radius 2 is 1.27 bits per heavy atom. The molecule has 0 bridgehead atoms. The molecule has 48 heavy (non-hydrogen) atoms. The first kappa shape index (κ1) is 33.2. The molecule has 5 aromatic rings. The number of rotatable bonds is 7. The zero-order valence-corrected chi connectivity index (χ0v) is 30.4. The van der Waals surface area contributed by atoms with Crippen LogP contribution in [-0.2, 0) is 22.7 Å². The minimum atomic E-state index is -2.44. The Morgan fingerprint density at radius 3 is 1.75 bits per heavy atom. The van der Waals surface area contributed by atoms with Crippen molar-refractivity contribution in [1.29, 1.82) is 0 Å². The third-order valence-corrected chi connectivity index (χ3v) is 13.6. The van der Waals surface area contributed by atoms with Crippen molar-refractivity contribution in [3.8, 4) is 27.6 Å². The molecule has 0 amide bonds. The van der Waals surface area contributed by atoms with E-state index in [4.69, 9.17) is 9.72 Å². The standard InChI is InChI=1S/C43H35N2OP.Os/c1-4-15-34-23-26-42(44-29-34)43-27-24-35(30-45-43)22-25-37(28-38-32-46-31-36(38)5-2)33(3)47(39-16-9-6-10-17-39,40-18-11-7-12-19-40)41-20-13-8-14-21-41;/h4-21,23-24,26-30H,31-32H2,1-2H3;/q+1;/b15-4+,36-5?,37-33?,38-28?;. The number of pyridine rings is 2. The van der Waals surface area contributed by atoms with Crippen LogP contribution in [0.5, 0.6) is 0 Å². The van der Waals surface area contributed by atoms with Gasteiger partial charge in [0, 0.05) is 0 Å². The Morgan fingerprint density at radius 1 is 0.708 bits per heavy atom. The Balaban J connectivity index is 1.57. The minimum absolute atomic E-state index is 0.549. The molecular weight excluding hydrogens is 782 g/mol. The topological polar surface area (TPSA) is 35.0 Å². The maximum absolute atomic E-state index is 5.92. The predicted molar refractivity (Wildman–Crippen MR) is 198 cm³/mol. The fraction of sp³-hybridized carbons (Fsp3) is 0.0930. The molecule has 0 aliphatic carbocycles. The maximum atomic E-state index is 5.92. The summed E-state index contributed by atoms with van der Waals surface area (Å²) in [5.74, 6) is 7.10. The van der Waals surface area contributed by atoms with Crippen molar-refractivity contribution in [2.24, 2.45) is 0 Å². The molecule has 235 valence electrons. The van der Waals surface area contributed by atoms with E-state index in [1.54, 1.807) is 17.9 Å². The normalized spacial score (nSPS) is 15.2. The molecule has 0 unspecified atom stereocenters. The number of hydrogen-bond donors (Lipinski definition) is 0. The van der Waals surface area contributed by atoms with Gasteiger partial charge in [-0.05, 0) is 12.5 Å². The molecule has 3 aromatic carbocycles. The van der Waals surface area contributed by atoms with E-state index in [-0.39, 0.29) is 0 Å². The second-order valence-electron chi connectivity index (χ2n) is 11.2. The van der Waals surface area contributed by atoms with Gasteiger partial charge in [-0.15, -0.1) is 0 Å². The first-order valence-corrected chi connectivity index (χ1v) is 18.9. The van der Waals surface area contributed by atoms with Crippen molar-refractivity contribution in [2.75, 3.05) is 13.2 Å². The van der Waals surface area contributed by atoms with E-state index in [0.717, 1.165) is 39.0 Å². The summed E-state index contributed by atoms with van der Waals surface area (Å²) in [6, 6.07) is 40.6. The van der Waals surface area contributed by atoms with Crippen LogP contribution >= 0.6 is 7.26 Å². The molecule has 0 atom stereocenters. The first-order valence-electron chi connectivity index (χ1n) is 15.8. The third kappa shape index (κ3) is 7.08. The SMILES string of the molecule is CC=C1COCC1=CC(C#Cc1ccc(-c2ccc(/C=C/C)cn2)nc1)=C([C]#[Os])[P+](c1ccccc1)(c1ccccc1)c1ccccc1. The van der Waals surface area contributed by atoms with E-state index in [1.165, 1.54) is 21.5 Å². The van der Waals surface area contributed by atoms with Gasteiger partial charge >= 0.3 is 271 Å². The fourth-order valence-corrected chi connectivity index (χ4v) is 11.6. The van der Waals surface area contributed by atoms with E-state index in [9.17, 15) is 0 Å². The van der Waals surface area contributed by atoms with Gasteiger partial charge in [-0.25, -0.2) is 0 Å². The van der Waals surface area contributed by atoms with Gasteiger partial charge in [0.15, 0.2) is 0 Å². The van der Waals surface area contributed by atoms with Crippen LogP contribution < -0.4 is 15.9 Å². The van der Waals surface area contributed by atoms with Crippen molar-refractivity contribution in [2.45, 2.75) is 13.8 Å². The van der Waals surface area contributed by atoms with E-state index in [0.29, 0.717) is 13.2 Å². The van der Waals surface area contributed by atoms with Gasteiger partial charge in [0.2, 0.25) is 0 Å². The second-order valence-corrected chi connectivity index (χ2v) is 15.1. The molecule has 1 aliphatic heterocycles. The summed E-state index contributed by atoms with van der Waals surface area (Å²) < 4.78 is 9.66. The Bertz CT molecular complexity index is 2000. The van der Waals surface area contributed by atoms with Crippen LogP contribution in [0.25, 0.3) is 17.5 Å². The fourth-order valence-electron chi connectivity index (χ4n) is 5.88. The molecule has 0 spiro atoms. The Labute approximate surface area is 294 Å².